The fourth-order valence-electron chi connectivity index (χ4n) is 3.91. The van der Waals surface area contributed by atoms with Crippen LogP contribution in [0.5, 0.6) is 0 Å². The Morgan fingerprint density at radius 2 is 2.00 bits per heavy atom. The van der Waals surface area contributed by atoms with Crippen LogP contribution in [-0.4, -0.2) is 38.0 Å². The van der Waals surface area contributed by atoms with E-state index in [1.54, 1.807) is 0 Å². The third kappa shape index (κ3) is 2.02. The second-order valence-corrected chi connectivity index (χ2v) is 5.93. The van der Waals surface area contributed by atoms with Crippen molar-refractivity contribution in [3.05, 3.63) is 0 Å². The molecule has 2 aliphatic carbocycles. The maximum atomic E-state index is 5.96. The zero-order valence-electron chi connectivity index (χ0n) is 10.9. The van der Waals surface area contributed by atoms with Crippen molar-refractivity contribution in [2.75, 3.05) is 19.8 Å². The average Bonchev–Trinajstić information content (AvgIpc) is 2.31. The number of hydrogen-bond acceptors (Lipinski definition) is 3. The fraction of sp³-hybridized carbons (Fsp3) is 1.00. The summed E-state index contributed by atoms with van der Waals surface area (Å²) in [5, 5.41) is 3.80. The predicted molar refractivity (Wildman–Crippen MR) is 67.1 cm³/mol. The molecule has 3 aliphatic rings. The van der Waals surface area contributed by atoms with E-state index in [0.29, 0.717) is 23.6 Å². The molecule has 2 atom stereocenters. The average molecular weight is 239 g/mol. The smallest absolute Gasteiger partial charge is 0.0661 e. The van der Waals surface area contributed by atoms with Gasteiger partial charge in [0, 0.05) is 18.1 Å². The van der Waals surface area contributed by atoms with Gasteiger partial charge in [0.15, 0.2) is 0 Å². The molecule has 3 heteroatoms. The standard InChI is InChI=1S/C14H25NO2/c1-2-17-13-8-12(15-11-9-16-10-11)14(13)6-4-3-5-7-14/h11-13,15H,2-10H2,1H3. The largest absolute Gasteiger partial charge is 0.378 e. The van der Waals surface area contributed by atoms with Gasteiger partial charge in [-0.3, -0.25) is 0 Å². The molecule has 0 aromatic heterocycles. The Morgan fingerprint density at radius 1 is 1.24 bits per heavy atom. The van der Waals surface area contributed by atoms with E-state index in [1.165, 1.54) is 38.5 Å². The molecule has 1 saturated heterocycles. The van der Waals surface area contributed by atoms with Gasteiger partial charge < -0.3 is 14.8 Å². The van der Waals surface area contributed by atoms with E-state index in [4.69, 9.17) is 9.47 Å². The van der Waals surface area contributed by atoms with E-state index in [2.05, 4.69) is 12.2 Å². The molecule has 3 fully saturated rings. The van der Waals surface area contributed by atoms with Gasteiger partial charge in [0.05, 0.1) is 25.4 Å². The fourth-order valence-corrected chi connectivity index (χ4v) is 3.91. The van der Waals surface area contributed by atoms with Crippen molar-refractivity contribution in [3.63, 3.8) is 0 Å². The first-order chi connectivity index (χ1) is 8.35. The van der Waals surface area contributed by atoms with Gasteiger partial charge in [0.2, 0.25) is 0 Å². The van der Waals surface area contributed by atoms with Gasteiger partial charge in [-0.25, -0.2) is 0 Å². The van der Waals surface area contributed by atoms with Gasteiger partial charge in [-0.05, 0) is 26.2 Å². The Morgan fingerprint density at radius 3 is 2.59 bits per heavy atom. The van der Waals surface area contributed by atoms with Gasteiger partial charge >= 0.3 is 0 Å². The third-order valence-electron chi connectivity index (χ3n) is 5.01. The first kappa shape index (κ1) is 11.9. The minimum Gasteiger partial charge on any atom is -0.378 e. The molecule has 1 aliphatic heterocycles. The summed E-state index contributed by atoms with van der Waals surface area (Å²) in [5.74, 6) is 0. The molecule has 1 spiro atoms. The third-order valence-corrected chi connectivity index (χ3v) is 5.01. The Hall–Kier alpha value is -0.120. The van der Waals surface area contributed by atoms with Crippen LogP contribution < -0.4 is 5.32 Å². The second-order valence-electron chi connectivity index (χ2n) is 5.93. The molecule has 1 heterocycles. The van der Waals surface area contributed by atoms with Gasteiger partial charge in [0.25, 0.3) is 0 Å². The first-order valence-corrected chi connectivity index (χ1v) is 7.30. The van der Waals surface area contributed by atoms with Crippen molar-refractivity contribution < 1.29 is 9.47 Å². The van der Waals surface area contributed by atoms with Gasteiger partial charge in [-0.1, -0.05) is 19.3 Å². The molecule has 2 unspecified atom stereocenters. The summed E-state index contributed by atoms with van der Waals surface area (Å²) in [7, 11) is 0. The lowest BCUT2D eigenvalue weighted by Crippen LogP contribution is -2.68. The van der Waals surface area contributed by atoms with E-state index in [1.807, 2.05) is 0 Å². The molecule has 3 nitrogen and oxygen atoms in total. The summed E-state index contributed by atoms with van der Waals surface area (Å²) >= 11 is 0. The maximum absolute atomic E-state index is 5.96. The van der Waals surface area contributed by atoms with Crippen LogP contribution in [0.15, 0.2) is 0 Å². The van der Waals surface area contributed by atoms with E-state index in [-0.39, 0.29) is 0 Å². The molecule has 3 rings (SSSR count). The number of hydrogen-bond donors (Lipinski definition) is 1. The van der Waals surface area contributed by atoms with Crippen LogP contribution in [-0.2, 0) is 9.47 Å². The summed E-state index contributed by atoms with van der Waals surface area (Å²) < 4.78 is 11.2. The molecule has 0 aromatic carbocycles. The Kier molecular flexibility index (Phi) is 3.42. The topological polar surface area (TPSA) is 30.5 Å². The highest BCUT2D eigenvalue weighted by Crippen LogP contribution is 2.53. The molecule has 17 heavy (non-hydrogen) atoms. The molecule has 0 aromatic rings. The quantitative estimate of drug-likeness (QED) is 0.815. The maximum Gasteiger partial charge on any atom is 0.0661 e. The van der Waals surface area contributed by atoms with Crippen molar-refractivity contribution in [1.82, 2.24) is 5.32 Å². The van der Waals surface area contributed by atoms with Gasteiger partial charge in [-0.15, -0.1) is 0 Å². The monoisotopic (exact) mass is 239 g/mol. The molecule has 0 bridgehead atoms. The normalized spacial score (nSPS) is 36.5. The second kappa shape index (κ2) is 4.87. The summed E-state index contributed by atoms with van der Waals surface area (Å²) in [5.41, 5.74) is 0.462. The van der Waals surface area contributed by atoms with E-state index >= 15 is 0 Å². The van der Waals surface area contributed by atoms with Crippen LogP contribution >= 0.6 is 0 Å². The zero-order valence-corrected chi connectivity index (χ0v) is 10.9. The molecule has 98 valence electrons. The highest BCUT2D eigenvalue weighted by atomic mass is 16.5. The zero-order chi connectivity index (χ0) is 11.7. The van der Waals surface area contributed by atoms with Gasteiger partial charge in [-0.2, -0.15) is 0 Å². The molecule has 1 N–H and O–H groups in total. The lowest BCUT2D eigenvalue weighted by Gasteiger charge is -2.59. The number of ether oxygens (including phenoxy) is 2. The van der Waals surface area contributed by atoms with Crippen LogP contribution in [0.4, 0.5) is 0 Å². The van der Waals surface area contributed by atoms with Crippen molar-refractivity contribution in [2.24, 2.45) is 5.41 Å². The molecular formula is C14H25NO2. The van der Waals surface area contributed by atoms with Crippen molar-refractivity contribution in [2.45, 2.75) is 63.6 Å². The molecule has 2 saturated carbocycles. The Labute approximate surface area is 104 Å². The van der Waals surface area contributed by atoms with Gasteiger partial charge in [0.1, 0.15) is 0 Å². The Balaban J connectivity index is 1.63. The Bertz CT molecular complexity index is 259. The molecule has 0 radical (unpaired) electrons. The molecular weight excluding hydrogens is 214 g/mol. The predicted octanol–water partition coefficient (Wildman–Crippen LogP) is 2.10. The first-order valence-electron chi connectivity index (χ1n) is 7.30. The lowest BCUT2D eigenvalue weighted by molar-refractivity contribution is -0.160. The van der Waals surface area contributed by atoms with Crippen molar-refractivity contribution >= 4 is 0 Å². The summed E-state index contributed by atoms with van der Waals surface area (Å²) in [6, 6.07) is 1.30. The highest BCUT2D eigenvalue weighted by Gasteiger charge is 2.56. The van der Waals surface area contributed by atoms with Crippen LogP contribution in [0, 0.1) is 5.41 Å². The van der Waals surface area contributed by atoms with Crippen molar-refractivity contribution in [1.29, 1.82) is 0 Å². The lowest BCUT2D eigenvalue weighted by atomic mass is 9.55. The van der Waals surface area contributed by atoms with Crippen molar-refractivity contribution in [3.8, 4) is 0 Å². The summed E-state index contributed by atoms with van der Waals surface area (Å²) in [6.45, 7) is 4.81. The van der Waals surface area contributed by atoms with Crippen LogP contribution in [0.1, 0.15) is 45.4 Å². The van der Waals surface area contributed by atoms with Crippen LogP contribution in [0.2, 0.25) is 0 Å². The molecule has 0 amide bonds. The SMILES string of the molecule is CCOC1CC(NC2COC2)C12CCCCC2. The highest BCUT2D eigenvalue weighted by molar-refractivity contribution is 5.09. The van der Waals surface area contributed by atoms with Crippen LogP contribution in [0.25, 0.3) is 0 Å². The number of nitrogens with one attached hydrogen (secondary N) is 1. The van der Waals surface area contributed by atoms with E-state index < -0.39 is 0 Å². The summed E-state index contributed by atoms with van der Waals surface area (Å²) in [6.07, 6.45) is 8.66. The summed E-state index contributed by atoms with van der Waals surface area (Å²) in [4.78, 5) is 0. The number of rotatable bonds is 4. The minimum absolute atomic E-state index is 0.462. The van der Waals surface area contributed by atoms with E-state index in [9.17, 15) is 0 Å². The minimum atomic E-state index is 0.462. The van der Waals surface area contributed by atoms with Crippen LogP contribution in [0.3, 0.4) is 0 Å². The van der Waals surface area contributed by atoms with E-state index in [0.717, 1.165) is 19.8 Å².